The van der Waals surface area contributed by atoms with E-state index in [1.807, 2.05) is 49.4 Å². The Hall–Kier alpha value is -3.30. The van der Waals surface area contributed by atoms with E-state index >= 15 is 0 Å². The van der Waals surface area contributed by atoms with Crippen LogP contribution >= 0.6 is 27.7 Å². The van der Waals surface area contributed by atoms with Crippen molar-refractivity contribution < 1.29 is 18.8 Å². The average Bonchev–Trinajstić information content (AvgIpc) is 3.24. The van der Waals surface area contributed by atoms with Crippen LogP contribution in [0.5, 0.6) is 0 Å². The second kappa shape index (κ2) is 9.46. The van der Waals surface area contributed by atoms with Crippen LogP contribution in [0.2, 0.25) is 0 Å². The van der Waals surface area contributed by atoms with E-state index in [2.05, 4.69) is 26.6 Å². The molecule has 0 spiro atoms. The number of amides is 4. The second-order valence-electron chi connectivity index (χ2n) is 6.99. The molecule has 4 amide bonds. The highest BCUT2D eigenvalue weighted by molar-refractivity contribution is 9.10. The van der Waals surface area contributed by atoms with Crippen molar-refractivity contribution in [2.75, 3.05) is 11.9 Å². The minimum absolute atomic E-state index is 0.0376. The van der Waals surface area contributed by atoms with Crippen molar-refractivity contribution >= 4 is 57.3 Å². The monoisotopic (exact) mass is 511 g/mol. The topological polar surface area (TPSA) is 91.7 Å². The Bertz CT molecular complexity index is 1210. The third kappa shape index (κ3) is 5.12. The lowest BCUT2D eigenvalue weighted by Gasteiger charge is -2.12. The number of nitrogens with one attached hydrogen (secondary N) is 2. The first-order valence-electron chi connectivity index (χ1n) is 9.62. The second-order valence-corrected chi connectivity index (χ2v) is 8.89. The molecule has 0 saturated carbocycles. The number of hydrogen-bond acceptors (Lipinski definition) is 5. The number of carbonyl (C=O) groups is 3. The number of rotatable bonds is 6. The van der Waals surface area contributed by atoms with Crippen molar-refractivity contribution in [3.05, 3.63) is 82.2 Å². The van der Waals surface area contributed by atoms with Crippen LogP contribution in [0.3, 0.4) is 0 Å². The van der Waals surface area contributed by atoms with Gasteiger partial charge in [0.1, 0.15) is 18.0 Å². The van der Waals surface area contributed by atoms with Crippen LogP contribution in [0.4, 0.5) is 10.5 Å². The Morgan fingerprint density at radius 2 is 1.88 bits per heavy atom. The highest BCUT2D eigenvalue weighted by Gasteiger charge is 2.35. The van der Waals surface area contributed by atoms with Gasteiger partial charge in [0.25, 0.3) is 5.91 Å². The third-order valence-electron chi connectivity index (χ3n) is 4.51. The Labute approximate surface area is 197 Å². The highest BCUT2D eigenvalue weighted by Crippen LogP contribution is 2.36. The molecule has 1 aliphatic heterocycles. The van der Waals surface area contributed by atoms with Crippen LogP contribution in [0.15, 0.2) is 85.2 Å². The predicted molar refractivity (Wildman–Crippen MR) is 125 cm³/mol. The summed E-state index contributed by atoms with van der Waals surface area (Å²) in [6.07, 6.45) is 1.44. The Morgan fingerprint density at radius 1 is 1.16 bits per heavy atom. The van der Waals surface area contributed by atoms with Gasteiger partial charge in [-0.1, -0.05) is 47.7 Å². The molecule has 1 saturated heterocycles. The van der Waals surface area contributed by atoms with Crippen LogP contribution in [0.1, 0.15) is 11.3 Å². The van der Waals surface area contributed by atoms with Gasteiger partial charge in [0.05, 0.1) is 4.47 Å². The number of imide groups is 1. The lowest BCUT2D eigenvalue weighted by atomic mass is 10.2. The molecule has 0 radical (unpaired) electrons. The van der Waals surface area contributed by atoms with E-state index in [0.717, 1.165) is 19.8 Å². The van der Waals surface area contributed by atoms with Gasteiger partial charge in [-0.05, 0) is 53.2 Å². The van der Waals surface area contributed by atoms with Crippen molar-refractivity contribution in [1.29, 1.82) is 0 Å². The van der Waals surface area contributed by atoms with E-state index in [0.29, 0.717) is 16.5 Å². The molecule has 162 valence electrons. The predicted octanol–water partition coefficient (Wildman–Crippen LogP) is 5.03. The first kappa shape index (κ1) is 21.9. The Kier molecular flexibility index (Phi) is 6.48. The van der Waals surface area contributed by atoms with Gasteiger partial charge in [0.2, 0.25) is 5.91 Å². The summed E-state index contributed by atoms with van der Waals surface area (Å²) in [5, 5.41) is 5.79. The molecule has 0 atom stereocenters. The number of furan rings is 1. The van der Waals surface area contributed by atoms with Crippen molar-refractivity contribution in [3.8, 4) is 0 Å². The summed E-state index contributed by atoms with van der Waals surface area (Å²) in [5.41, 5.74) is 1.68. The molecule has 0 aliphatic carbocycles. The normalized spacial score (nSPS) is 14.7. The van der Waals surface area contributed by atoms with Gasteiger partial charge < -0.3 is 15.1 Å². The van der Waals surface area contributed by atoms with Crippen molar-refractivity contribution in [3.63, 3.8) is 0 Å². The highest BCUT2D eigenvalue weighted by atomic mass is 79.9. The van der Waals surface area contributed by atoms with Crippen LogP contribution in [0.25, 0.3) is 6.08 Å². The fourth-order valence-corrected chi connectivity index (χ4v) is 4.29. The summed E-state index contributed by atoms with van der Waals surface area (Å²) >= 11 is 4.88. The summed E-state index contributed by atoms with van der Waals surface area (Å²) in [6, 6.07) is 18.0. The van der Waals surface area contributed by atoms with Crippen molar-refractivity contribution in [1.82, 2.24) is 10.2 Å². The van der Waals surface area contributed by atoms with E-state index < -0.39 is 24.4 Å². The number of aryl methyl sites for hydroxylation is 1. The fraction of sp³-hybridized carbons (Fsp3) is 0.0870. The maximum absolute atomic E-state index is 12.7. The van der Waals surface area contributed by atoms with E-state index in [-0.39, 0.29) is 5.70 Å². The molecule has 9 heteroatoms. The molecule has 3 aromatic rings. The lowest BCUT2D eigenvalue weighted by molar-refractivity contribution is -0.127. The molecular formula is C23H18BrN3O4S. The molecule has 0 bridgehead atoms. The first-order chi connectivity index (χ1) is 15.4. The summed E-state index contributed by atoms with van der Waals surface area (Å²) in [7, 11) is 0. The van der Waals surface area contributed by atoms with Crippen LogP contribution in [-0.4, -0.2) is 29.3 Å². The van der Waals surface area contributed by atoms with Crippen LogP contribution in [0, 0.1) is 6.92 Å². The van der Waals surface area contributed by atoms with Crippen LogP contribution < -0.4 is 10.6 Å². The van der Waals surface area contributed by atoms with Gasteiger partial charge >= 0.3 is 6.03 Å². The summed E-state index contributed by atoms with van der Waals surface area (Å²) < 4.78 is 6.53. The van der Waals surface area contributed by atoms with Crippen molar-refractivity contribution in [2.24, 2.45) is 0 Å². The average molecular weight is 512 g/mol. The maximum atomic E-state index is 12.7. The van der Waals surface area contributed by atoms with Gasteiger partial charge in [-0.15, -0.1) is 0 Å². The summed E-state index contributed by atoms with van der Waals surface area (Å²) in [6.45, 7) is 1.54. The van der Waals surface area contributed by atoms with Gasteiger partial charge in [-0.2, -0.15) is 0 Å². The van der Waals surface area contributed by atoms with Gasteiger partial charge in [0, 0.05) is 16.7 Å². The van der Waals surface area contributed by atoms with Gasteiger partial charge in [-0.3, -0.25) is 9.59 Å². The van der Waals surface area contributed by atoms with Crippen molar-refractivity contribution in [2.45, 2.75) is 16.9 Å². The number of urea groups is 1. The van der Waals surface area contributed by atoms with Gasteiger partial charge in [-0.25, -0.2) is 9.69 Å². The summed E-state index contributed by atoms with van der Waals surface area (Å²) in [5.74, 6) is -0.676. The smallest absolute Gasteiger partial charge is 0.329 e. The molecule has 32 heavy (non-hydrogen) atoms. The van der Waals surface area contributed by atoms with E-state index in [4.69, 9.17) is 4.42 Å². The number of nitrogens with zero attached hydrogens (tertiary/aromatic N) is 1. The molecule has 0 unspecified atom stereocenters. The zero-order valence-electron chi connectivity index (χ0n) is 16.9. The zero-order chi connectivity index (χ0) is 22.7. The number of benzene rings is 2. The largest absolute Gasteiger partial charge is 0.449 e. The minimum atomic E-state index is -0.662. The fourth-order valence-electron chi connectivity index (χ4n) is 2.94. The lowest BCUT2D eigenvalue weighted by Crippen LogP contribution is -2.38. The van der Waals surface area contributed by atoms with E-state index in [1.165, 1.54) is 17.8 Å². The zero-order valence-corrected chi connectivity index (χ0v) is 19.3. The minimum Gasteiger partial charge on any atom is -0.449 e. The molecule has 4 rings (SSSR count). The number of carbonyl (C=O) groups excluding carboxylic acids is 3. The van der Waals surface area contributed by atoms with E-state index in [9.17, 15) is 14.4 Å². The Morgan fingerprint density at radius 3 is 2.59 bits per heavy atom. The van der Waals surface area contributed by atoms with Crippen LogP contribution in [-0.2, 0) is 9.59 Å². The molecule has 1 aromatic heterocycles. The molecule has 2 aromatic carbocycles. The number of anilines is 1. The molecule has 2 heterocycles. The molecule has 7 nitrogen and oxygen atoms in total. The maximum Gasteiger partial charge on any atom is 0.329 e. The van der Waals surface area contributed by atoms with E-state index in [1.54, 1.807) is 18.2 Å². The number of hydrogen-bond donors (Lipinski definition) is 2. The molecule has 1 fully saturated rings. The SMILES string of the molecule is Cc1ccc(NC(=O)CN2C(=O)N/C(=C/c3cc(Br)c(Sc4ccccc4)o3)C2=O)cc1. The molecule has 2 N–H and O–H groups in total. The van der Waals surface area contributed by atoms with Gasteiger partial charge in [0.15, 0.2) is 5.09 Å². The third-order valence-corrected chi connectivity index (χ3v) is 6.36. The first-order valence-corrected chi connectivity index (χ1v) is 11.2. The number of halogens is 1. The summed E-state index contributed by atoms with van der Waals surface area (Å²) in [4.78, 5) is 39.1. The quantitative estimate of drug-likeness (QED) is 0.357. The molecular weight excluding hydrogens is 494 g/mol. The standard InChI is InChI=1S/C23H18BrN3O4S/c1-14-7-9-15(10-8-14)25-20(28)13-27-21(29)19(26-23(27)30)12-16-11-18(24)22(31-16)32-17-5-3-2-4-6-17/h2-12H,13H2,1H3,(H,25,28)(H,26,30)/b19-12+. The molecule has 1 aliphatic rings. The Balaban J connectivity index is 1.43.